The van der Waals surface area contributed by atoms with E-state index in [-0.39, 0.29) is 17.8 Å². The van der Waals surface area contributed by atoms with Gasteiger partial charge in [0.15, 0.2) is 5.78 Å². The highest BCUT2D eigenvalue weighted by molar-refractivity contribution is 6.35. The van der Waals surface area contributed by atoms with Gasteiger partial charge in [-0.1, -0.05) is 65.7 Å². The molecule has 0 fully saturated rings. The number of para-hydroxylation sites is 1. The highest BCUT2D eigenvalue weighted by atomic mass is 35.5. The Balaban J connectivity index is 0.000000258. The lowest BCUT2D eigenvalue weighted by Crippen LogP contribution is -2.05. The molecule has 3 aromatic rings. The lowest BCUT2D eigenvalue weighted by Gasteiger charge is -2.03. The average molecular weight is 462 g/mol. The van der Waals surface area contributed by atoms with Crippen LogP contribution in [0.25, 0.3) is 0 Å². The molecule has 3 aromatic carbocycles. The lowest BCUT2D eigenvalue weighted by molar-refractivity contribution is 0.0996. The number of nitrogens with zero attached hydrogens (tertiary/aromatic N) is 2. The van der Waals surface area contributed by atoms with Gasteiger partial charge < -0.3 is 5.32 Å². The van der Waals surface area contributed by atoms with Crippen LogP contribution in [0.15, 0.2) is 90.6 Å². The molecule has 32 heavy (non-hydrogen) atoms. The Morgan fingerprint density at radius 1 is 0.812 bits per heavy atom. The zero-order chi connectivity index (χ0) is 23.3. The van der Waals surface area contributed by atoms with E-state index in [1.54, 1.807) is 54.6 Å². The summed E-state index contributed by atoms with van der Waals surface area (Å²) in [6, 6.07) is 26.3. The number of hydrogen-bond acceptors (Lipinski definition) is 5. The van der Waals surface area contributed by atoms with Crippen molar-refractivity contribution in [1.29, 1.82) is 10.5 Å². The molecule has 0 aliphatic heterocycles. The molecule has 0 atom stereocenters. The number of allylic oxidation sites excluding steroid dienone is 1. The van der Waals surface area contributed by atoms with Crippen LogP contribution >= 0.6 is 23.2 Å². The number of carbonyl (C=O) groups excluding carboxylic acids is 2. The summed E-state index contributed by atoms with van der Waals surface area (Å²) < 4.78 is 0. The maximum Gasteiger partial charge on any atom is 0.206 e. The van der Waals surface area contributed by atoms with E-state index in [0.29, 0.717) is 21.2 Å². The van der Waals surface area contributed by atoms with Gasteiger partial charge in [-0.15, -0.1) is 0 Å². The van der Waals surface area contributed by atoms with Gasteiger partial charge in [0.1, 0.15) is 11.6 Å². The highest BCUT2D eigenvalue weighted by Gasteiger charge is 2.14. The van der Waals surface area contributed by atoms with Crippen LogP contribution in [-0.2, 0) is 0 Å². The number of ketones is 2. The molecule has 3 rings (SSSR count). The number of carbonyl (C=O) groups is 2. The van der Waals surface area contributed by atoms with Gasteiger partial charge in [0.2, 0.25) is 5.78 Å². The third-order valence-corrected chi connectivity index (χ3v) is 4.71. The van der Waals surface area contributed by atoms with Crippen molar-refractivity contribution in [2.75, 3.05) is 5.32 Å². The molecule has 0 aromatic heterocycles. The van der Waals surface area contributed by atoms with Crippen molar-refractivity contribution >= 4 is 40.5 Å². The van der Waals surface area contributed by atoms with Gasteiger partial charge in [-0.05, 0) is 36.4 Å². The third kappa shape index (κ3) is 7.11. The lowest BCUT2D eigenvalue weighted by atomic mass is 10.1. The molecule has 0 spiro atoms. The summed E-state index contributed by atoms with van der Waals surface area (Å²) in [7, 11) is 0. The molecular formula is C25H17Cl2N3O2. The van der Waals surface area contributed by atoms with Crippen molar-refractivity contribution in [2.45, 2.75) is 6.42 Å². The number of nitriles is 2. The van der Waals surface area contributed by atoms with Gasteiger partial charge in [-0.3, -0.25) is 9.59 Å². The van der Waals surface area contributed by atoms with Crippen LogP contribution in [0.5, 0.6) is 0 Å². The number of benzene rings is 3. The number of nitrogens with one attached hydrogen (secondary N) is 1. The van der Waals surface area contributed by atoms with Crippen LogP contribution in [0.4, 0.5) is 5.69 Å². The summed E-state index contributed by atoms with van der Waals surface area (Å²) in [5.74, 6) is -0.635. The Labute approximate surface area is 196 Å². The first-order chi connectivity index (χ1) is 15.5. The second-order valence-electron chi connectivity index (χ2n) is 6.23. The number of halogens is 2. The van der Waals surface area contributed by atoms with Crippen LogP contribution < -0.4 is 5.32 Å². The van der Waals surface area contributed by atoms with Crippen molar-refractivity contribution in [3.8, 4) is 12.1 Å². The molecule has 0 saturated heterocycles. The summed E-state index contributed by atoms with van der Waals surface area (Å²) >= 11 is 11.7. The van der Waals surface area contributed by atoms with Crippen LogP contribution in [0.3, 0.4) is 0 Å². The van der Waals surface area contributed by atoms with E-state index in [2.05, 4.69) is 5.32 Å². The van der Waals surface area contributed by atoms with Crippen molar-refractivity contribution in [3.63, 3.8) is 0 Å². The van der Waals surface area contributed by atoms with E-state index in [4.69, 9.17) is 33.7 Å². The van der Waals surface area contributed by atoms with E-state index in [9.17, 15) is 9.59 Å². The highest BCUT2D eigenvalue weighted by Crippen LogP contribution is 2.19. The molecule has 0 heterocycles. The molecule has 0 aliphatic carbocycles. The van der Waals surface area contributed by atoms with Crippen molar-refractivity contribution in [1.82, 2.24) is 0 Å². The topological polar surface area (TPSA) is 93.8 Å². The normalized spacial score (nSPS) is 10.1. The van der Waals surface area contributed by atoms with E-state index >= 15 is 0 Å². The van der Waals surface area contributed by atoms with Gasteiger partial charge in [0, 0.05) is 23.0 Å². The van der Waals surface area contributed by atoms with Gasteiger partial charge in [0.05, 0.1) is 22.5 Å². The fraction of sp³-hybridized carbons (Fsp3) is 0.0400. The number of rotatable bonds is 6. The number of anilines is 1. The molecule has 0 aliphatic rings. The first-order valence-electron chi connectivity index (χ1n) is 9.33. The molecule has 0 unspecified atom stereocenters. The SMILES string of the molecule is N#CC(=CNc1ccccc1)C(=O)c1ccccc1Cl.N#CCC(=O)c1ccccc1Cl. The fourth-order valence-corrected chi connectivity index (χ4v) is 2.95. The molecular weight excluding hydrogens is 445 g/mol. The minimum Gasteiger partial charge on any atom is -0.360 e. The summed E-state index contributed by atoms with van der Waals surface area (Å²) in [6.07, 6.45) is 1.27. The molecule has 0 radical (unpaired) electrons. The fourth-order valence-electron chi connectivity index (χ4n) is 2.48. The molecule has 0 bridgehead atoms. The second kappa shape index (κ2) is 12.7. The summed E-state index contributed by atoms with van der Waals surface area (Å²) in [4.78, 5) is 23.4. The minimum absolute atomic E-state index is 0.00181. The smallest absolute Gasteiger partial charge is 0.206 e. The Hall–Kier alpha value is -3.90. The minimum atomic E-state index is -0.401. The maximum atomic E-state index is 12.2. The van der Waals surface area contributed by atoms with Gasteiger partial charge >= 0.3 is 0 Å². The average Bonchev–Trinajstić information content (AvgIpc) is 2.81. The van der Waals surface area contributed by atoms with E-state index in [1.807, 2.05) is 36.4 Å². The van der Waals surface area contributed by atoms with Crippen molar-refractivity contribution < 1.29 is 9.59 Å². The van der Waals surface area contributed by atoms with Gasteiger partial charge in [-0.2, -0.15) is 10.5 Å². The molecule has 1 N–H and O–H groups in total. The molecule has 0 amide bonds. The second-order valence-corrected chi connectivity index (χ2v) is 7.04. The molecule has 158 valence electrons. The maximum absolute atomic E-state index is 12.2. The Morgan fingerprint density at radius 3 is 1.88 bits per heavy atom. The standard InChI is InChI=1S/C16H11ClN2O.C9H6ClNO/c17-15-9-5-4-8-14(15)16(20)12(10-18)11-19-13-6-2-1-3-7-13;10-8-4-2-1-3-7(8)9(12)5-6-11/h1-9,11,19H;1-4H,5H2. The first-order valence-corrected chi connectivity index (χ1v) is 10.1. The zero-order valence-electron chi connectivity index (χ0n) is 16.8. The van der Waals surface area contributed by atoms with Crippen molar-refractivity contribution in [3.05, 3.63) is 112 Å². The molecule has 0 saturated carbocycles. The Kier molecular flexibility index (Phi) is 9.69. The predicted octanol–water partition coefficient (Wildman–Crippen LogP) is 6.48. The van der Waals surface area contributed by atoms with Crippen LogP contribution in [0.1, 0.15) is 27.1 Å². The quantitative estimate of drug-likeness (QED) is 0.257. The van der Waals surface area contributed by atoms with Gasteiger partial charge in [-0.25, -0.2) is 0 Å². The number of Topliss-reactive ketones (excluding diaryl/α,β-unsaturated/α-hetero) is 2. The van der Waals surface area contributed by atoms with Crippen LogP contribution in [0, 0.1) is 22.7 Å². The first kappa shape index (κ1) is 24.4. The summed E-state index contributed by atoms with van der Waals surface area (Å²) in [6.45, 7) is 0. The zero-order valence-corrected chi connectivity index (χ0v) is 18.3. The molecule has 5 nitrogen and oxygen atoms in total. The summed E-state index contributed by atoms with van der Waals surface area (Å²) in [5, 5.41) is 21.0. The predicted molar refractivity (Wildman–Crippen MR) is 126 cm³/mol. The van der Waals surface area contributed by atoms with Crippen molar-refractivity contribution in [2.24, 2.45) is 0 Å². The Bertz CT molecular complexity index is 1210. The van der Waals surface area contributed by atoms with E-state index < -0.39 is 5.78 Å². The largest absolute Gasteiger partial charge is 0.360 e. The third-order valence-electron chi connectivity index (χ3n) is 4.05. The number of hydrogen-bond donors (Lipinski definition) is 1. The van der Waals surface area contributed by atoms with E-state index in [0.717, 1.165) is 5.69 Å². The summed E-state index contributed by atoms with van der Waals surface area (Å²) in [5.41, 5.74) is 1.53. The monoisotopic (exact) mass is 461 g/mol. The van der Waals surface area contributed by atoms with Crippen LogP contribution in [-0.4, -0.2) is 11.6 Å². The van der Waals surface area contributed by atoms with Crippen LogP contribution in [0.2, 0.25) is 10.0 Å². The molecule has 7 heteroatoms. The van der Waals surface area contributed by atoms with E-state index in [1.165, 1.54) is 6.20 Å². The van der Waals surface area contributed by atoms with Gasteiger partial charge in [0.25, 0.3) is 0 Å². The Morgan fingerprint density at radius 2 is 1.34 bits per heavy atom.